The second-order valence-electron chi connectivity index (χ2n) is 5.01. The van der Waals surface area contributed by atoms with Crippen molar-refractivity contribution in [1.29, 1.82) is 0 Å². The molecule has 0 aromatic rings. The van der Waals surface area contributed by atoms with Gasteiger partial charge >= 0.3 is 0 Å². The fraction of sp³-hybridized carbons (Fsp3) is 1.00. The maximum absolute atomic E-state index is 5.81. The lowest BCUT2D eigenvalue weighted by Gasteiger charge is -2.41. The molecule has 0 radical (unpaired) electrons. The highest BCUT2D eigenvalue weighted by Gasteiger charge is 2.26. The van der Waals surface area contributed by atoms with E-state index in [1.165, 1.54) is 25.8 Å². The molecule has 2 heteroatoms. The molecule has 0 unspecified atom stereocenters. The molecule has 86 valence electrons. The second kappa shape index (κ2) is 6.41. The van der Waals surface area contributed by atoms with Gasteiger partial charge < -0.3 is 5.73 Å². The fourth-order valence-electron chi connectivity index (χ4n) is 1.91. The van der Waals surface area contributed by atoms with Gasteiger partial charge in [-0.2, -0.15) is 0 Å². The number of nitrogens with two attached hydrogens (primary N) is 1. The highest BCUT2D eigenvalue weighted by Crippen LogP contribution is 2.17. The van der Waals surface area contributed by atoms with E-state index in [-0.39, 0.29) is 5.54 Å². The monoisotopic (exact) mass is 200 g/mol. The van der Waals surface area contributed by atoms with Crippen LogP contribution < -0.4 is 5.73 Å². The van der Waals surface area contributed by atoms with Gasteiger partial charge in [-0.15, -0.1) is 0 Å². The fourth-order valence-corrected chi connectivity index (χ4v) is 1.91. The summed E-state index contributed by atoms with van der Waals surface area (Å²) in [5, 5.41) is 0. The van der Waals surface area contributed by atoms with Crippen LogP contribution in [0.1, 0.15) is 53.9 Å². The zero-order chi connectivity index (χ0) is 11.2. The summed E-state index contributed by atoms with van der Waals surface area (Å²) in [6, 6.07) is 0.588. The van der Waals surface area contributed by atoms with E-state index in [2.05, 4.69) is 39.5 Å². The van der Waals surface area contributed by atoms with Crippen LogP contribution in [0.5, 0.6) is 0 Å². The minimum absolute atomic E-state index is 0.141. The topological polar surface area (TPSA) is 29.3 Å². The Labute approximate surface area is 89.9 Å². The molecule has 14 heavy (non-hydrogen) atoms. The average molecular weight is 200 g/mol. The second-order valence-corrected chi connectivity index (χ2v) is 5.01. The first-order chi connectivity index (χ1) is 6.45. The Morgan fingerprint density at radius 1 is 1.21 bits per heavy atom. The molecular weight excluding hydrogens is 172 g/mol. The van der Waals surface area contributed by atoms with Crippen LogP contribution in [0.15, 0.2) is 0 Å². The number of hydrogen-bond acceptors (Lipinski definition) is 2. The van der Waals surface area contributed by atoms with Gasteiger partial charge in [0.15, 0.2) is 0 Å². The maximum Gasteiger partial charge on any atom is 0.0278 e. The van der Waals surface area contributed by atoms with E-state index in [4.69, 9.17) is 5.73 Å². The van der Waals surface area contributed by atoms with Gasteiger partial charge in [0.1, 0.15) is 0 Å². The van der Waals surface area contributed by atoms with Gasteiger partial charge in [-0.25, -0.2) is 0 Å². The summed E-state index contributed by atoms with van der Waals surface area (Å²) >= 11 is 0. The van der Waals surface area contributed by atoms with Crippen molar-refractivity contribution in [2.75, 3.05) is 13.1 Å². The molecule has 0 aliphatic heterocycles. The van der Waals surface area contributed by atoms with Gasteiger partial charge in [-0.3, -0.25) is 4.90 Å². The molecule has 0 aliphatic rings. The highest BCUT2D eigenvalue weighted by atomic mass is 15.2. The predicted octanol–water partition coefficient (Wildman–Crippen LogP) is 2.62. The maximum atomic E-state index is 5.81. The molecule has 0 aromatic heterocycles. The number of unbranched alkanes of at least 4 members (excludes halogenated alkanes) is 2. The Kier molecular flexibility index (Phi) is 6.38. The molecule has 2 N–H and O–H groups in total. The molecule has 0 fully saturated rings. The van der Waals surface area contributed by atoms with Crippen LogP contribution in [0, 0.1) is 0 Å². The van der Waals surface area contributed by atoms with Crippen LogP contribution in [-0.2, 0) is 0 Å². The van der Waals surface area contributed by atoms with Crippen LogP contribution in [0.3, 0.4) is 0 Å². The van der Waals surface area contributed by atoms with E-state index in [1.807, 2.05) is 0 Å². The van der Waals surface area contributed by atoms with E-state index in [9.17, 15) is 0 Å². The smallest absolute Gasteiger partial charge is 0.0278 e. The quantitative estimate of drug-likeness (QED) is 0.640. The Hall–Kier alpha value is -0.0800. The minimum atomic E-state index is 0.141. The van der Waals surface area contributed by atoms with Crippen molar-refractivity contribution in [2.45, 2.75) is 65.5 Å². The lowest BCUT2D eigenvalue weighted by molar-refractivity contribution is 0.0884. The molecule has 0 spiro atoms. The van der Waals surface area contributed by atoms with Crippen LogP contribution in [0.2, 0.25) is 0 Å². The van der Waals surface area contributed by atoms with Crippen molar-refractivity contribution < 1.29 is 0 Å². The molecule has 0 bridgehead atoms. The normalized spacial score (nSPS) is 12.9. The summed E-state index contributed by atoms with van der Waals surface area (Å²) in [6.45, 7) is 13.1. The standard InChI is InChI=1S/C12H28N2/c1-6-7-8-9-14(11(2)3)12(4,5)10-13/h11H,6-10,13H2,1-5H3. The van der Waals surface area contributed by atoms with Crippen molar-refractivity contribution in [1.82, 2.24) is 4.90 Å². The van der Waals surface area contributed by atoms with Gasteiger partial charge in [0.2, 0.25) is 0 Å². The molecule has 0 atom stereocenters. The Balaban J connectivity index is 4.15. The molecule has 0 aromatic carbocycles. The average Bonchev–Trinajstić information content (AvgIpc) is 2.11. The van der Waals surface area contributed by atoms with Crippen molar-refractivity contribution in [3.63, 3.8) is 0 Å². The summed E-state index contributed by atoms with van der Waals surface area (Å²) in [7, 11) is 0. The van der Waals surface area contributed by atoms with Gasteiger partial charge in [-0.1, -0.05) is 19.8 Å². The van der Waals surface area contributed by atoms with Crippen LogP contribution in [0.4, 0.5) is 0 Å². The Morgan fingerprint density at radius 3 is 2.14 bits per heavy atom. The summed E-state index contributed by atoms with van der Waals surface area (Å²) in [4.78, 5) is 2.52. The number of nitrogens with zero attached hydrogens (tertiary/aromatic N) is 1. The molecule has 0 amide bonds. The Bertz CT molecular complexity index is 141. The van der Waals surface area contributed by atoms with Gasteiger partial charge in [0, 0.05) is 18.1 Å². The van der Waals surface area contributed by atoms with E-state index in [0.29, 0.717) is 6.04 Å². The molecule has 0 saturated heterocycles. The van der Waals surface area contributed by atoms with Gasteiger partial charge in [-0.05, 0) is 40.7 Å². The molecule has 0 saturated carbocycles. The van der Waals surface area contributed by atoms with Crippen LogP contribution in [-0.4, -0.2) is 29.6 Å². The molecule has 2 nitrogen and oxygen atoms in total. The van der Waals surface area contributed by atoms with E-state index < -0.39 is 0 Å². The summed E-state index contributed by atoms with van der Waals surface area (Å²) in [5.41, 5.74) is 5.95. The van der Waals surface area contributed by atoms with Crippen molar-refractivity contribution in [3.05, 3.63) is 0 Å². The SMILES string of the molecule is CCCCCN(C(C)C)C(C)(C)CN. The lowest BCUT2D eigenvalue weighted by atomic mass is 10.00. The summed E-state index contributed by atoms with van der Waals surface area (Å²) < 4.78 is 0. The summed E-state index contributed by atoms with van der Waals surface area (Å²) in [6.07, 6.45) is 3.90. The Morgan fingerprint density at radius 2 is 1.79 bits per heavy atom. The zero-order valence-electron chi connectivity index (χ0n) is 10.6. The lowest BCUT2D eigenvalue weighted by Crippen LogP contribution is -2.52. The van der Waals surface area contributed by atoms with Crippen molar-refractivity contribution in [3.8, 4) is 0 Å². The van der Waals surface area contributed by atoms with Crippen molar-refractivity contribution in [2.24, 2.45) is 5.73 Å². The van der Waals surface area contributed by atoms with Gasteiger partial charge in [0.25, 0.3) is 0 Å². The first kappa shape index (κ1) is 13.9. The van der Waals surface area contributed by atoms with E-state index >= 15 is 0 Å². The third kappa shape index (κ3) is 4.43. The predicted molar refractivity (Wildman–Crippen MR) is 64.5 cm³/mol. The first-order valence-corrected chi connectivity index (χ1v) is 5.92. The van der Waals surface area contributed by atoms with Gasteiger partial charge in [0.05, 0.1) is 0 Å². The summed E-state index contributed by atoms with van der Waals surface area (Å²) in [5.74, 6) is 0. The number of hydrogen-bond donors (Lipinski definition) is 1. The van der Waals surface area contributed by atoms with E-state index in [1.54, 1.807) is 0 Å². The van der Waals surface area contributed by atoms with E-state index in [0.717, 1.165) is 6.54 Å². The molecule has 0 aliphatic carbocycles. The zero-order valence-corrected chi connectivity index (χ0v) is 10.6. The first-order valence-electron chi connectivity index (χ1n) is 5.92. The molecular formula is C12H28N2. The van der Waals surface area contributed by atoms with Crippen molar-refractivity contribution >= 4 is 0 Å². The van der Waals surface area contributed by atoms with Crippen LogP contribution >= 0.6 is 0 Å². The minimum Gasteiger partial charge on any atom is -0.329 e. The largest absolute Gasteiger partial charge is 0.329 e. The van der Waals surface area contributed by atoms with Crippen LogP contribution in [0.25, 0.3) is 0 Å². The third-order valence-corrected chi connectivity index (χ3v) is 2.90. The third-order valence-electron chi connectivity index (χ3n) is 2.90. The number of rotatable bonds is 7. The molecule has 0 heterocycles. The molecule has 0 rings (SSSR count). The highest BCUT2D eigenvalue weighted by molar-refractivity contribution is 4.84.